The van der Waals surface area contributed by atoms with Crippen molar-refractivity contribution in [1.82, 2.24) is 0 Å². The molecule has 0 aromatic heterocycles. The molecule has 23 heavy (non-hydrogen) atoms. The van der Waals surface area contributed by atoms with Crippen LogP contribution in [0.15, 0.2) is 10.5 Å². The molecule has 7 heteroatoms. The minimum Gasteiger partial charge on any atom is -0.360 e. The lowest BCUT2D eigenvalue weighted by atomic mass is 10.0. The predicted molar refractivity (Wildman–Crippen MR) is 96.6 cm³/mol. The number of Topliss-reactive ketones (excluding diaryl/α,β-unsaturated/α-hetero) is 1. The molecule has 2 rings (SSSR count). The topological polar surface area (TPSA) is 88.2 Å². The number of ketones is 1. The highest BCUT2D eigenvalue weighted by molar-refractivity contribution is 9.10. The van der Waals surface area contributed by atoms with Crippen molar-refractivity contribution in [3.8, 4) is 0 Å². The van der Waals surface area contributed by atoms with Gasteiger partial charge in [-0.15, -0.1) is 0 Å². The highest BCUT2D eigenvalue weighted by Crippen LogP contribution is 2.35. The zero-order valence-corrected chi connectivity index (χ0v) is 15.2. The first kappa shape index (κ1) is 18.4. The van der Waals surface area contributed by atoms with Crippen LogP contribution in [0.25, 0.3) is 0 Å². The largest absolute Gasteiger partial charge is 0.360 e. The molecule has 1 fully saturated rings. The van der Waals surface area contributed by atoms with Gasteiger partial charge < -0.3 is 21.2 Å². The first-order chi connectivity index (χ1) is 11.1. The summed E-state index contributed by atoms with van der Waals surface area (Å²) in [6, 6.07) is 1.80. The number of carbonyl (C=O) groups is 1. The van der Waals surface area contributed by atoms with Gasteiger partial charge in [-0.3, -0.25) is 4.79 Å². The molecule has 0 aliphatic carbocycles. The van der Waals surface area contributed by atoms with Gasteiger partial charge in [0.05, 0.1) is 6.54 Å². The first-order valence-corrected chi connectivity index (χ1v) is 8.85. The first-order valence-electron chi connectivity index (χ1n) is 7.68. The molecule has 0 spiro atoms. The van der Waals surface area contributed by atoms with Crippen molar-refractivity contribution in [3.05, 3.63) is 26.7 Å². The number of benzene rings is 1. The number of halogens is 2. The van der Waals surface area contributed by atoms with Crippen LogP contribution in [0.3, 0.4) is 0 Å². The average Bonchev–Trinajstić information content (AvgIpc) is 2.55. The molecule has 4 N–H and O–H groups in total. The Labute approximate surface area is 149 Å². The number of rotatable bonds is 7. The minimum absolute atomic E-state index is 0.0119. The lowest BCUT2D eigenvalue weighted by Crippen LogP contribution is -2.27. The molecule has 0 amide bonds. The maximum Gasteiger partial charge on any atom is 0.146 e. The fourth-order valence-electron chi connectivity index (χ4n) is 2.56. The number of nitrogens with two attached hydrogens (primary N) is 1. The molecule has 1 aliphatic heterocycles. The van der Waals surface area contributed by atoms with Gasteiger partial charge in [0.15, 0.2) is 0 Å². The average molecular weight is 403 g/mol. The van der Waals surface area contributed by atoms with E-state index in [1.807, 2.05) is 0 Å². The maximum atomic E-state index is 11.4. The summed E-state index contributed by atoms with van der Waals surface area (Å²) in [6.45, 7) is 0.775. The Morgan fingerprint density at radius 1 is 1.57 bits per heavy atom. The zero-order chi connectivity index (χ0) is 16.8. The van der Waals surface area contributed by atoms with Crippen molar-refractivity contribution in [2.75, 3.05) is 18.5 Å². The Bertz CT molecular complexity index is 589. The Balaban J connectivity index is 2.23. The molecule has 1 aromatic carbocycles. The number of ether oxygens (including phenoxy) is 1. The number of nitrogens with one attached hydrogen (secondary N) is 2. The second kappa shape index (κ2) is 8.78. The lowest BCUT2D eigenvalue weighted by Gasteiger charge is -2.26. The Morgan fingerprint density at radius 3 is 2.96 bits per heavy atom. The van der Waals surface area contributed by atoms with Gasteiger partial charge in [-0.25, -0.2) is 0 Å². The smallest absolute Gasteiger partial charge is 0.146 e. The summed E-state index contributed by atoms with van der Waals surface area (Å²) in [6.07, 6.45) is 5.18. The van der Waals surface area contributed by atoms with E-state index in [1.165, 1.54) is 6.21 Å². The summed E-state index contributed by atoms with van der Waals surface area (Å²) in [7, 11) is 0. The molecule has 126 valence electrons. The minimum atomic E-state index is -0.0601. The molecule has 1 unspecified atom stereocenters. The monoisotopic (exact) mass is 401 g/mol. The van der Waals surface area contributed by atoms with E-state index in [2.05, 4.69) is 21.2 Å². The number of anilines is 1. The summed E-state index contributed by atoms with van der Waals surface area (Å²) in [5, 5.41) is 11.6. The predicted octanol–water partition coefficient (Wildman–Crippen LogP) is 3.50. The van der Waals surface area contributed by atoms with Crippen LogP contribution >= 0.6 is 27.5 Å². The molecule has 0 saturated carbocycles. The molecular formula is C16H21BrClN3O2. The highest BCUT2D eigenvalue weighted by atomic mass is 79.9. The normalized spacial score (nSPS) is 17.8. The van der Waals surface area contributed by atoms with Crippen LogP contribution in [0.1, 0.15) is 36.8 Å². The molecule has 5 nitrogen and oxygen atoms in total. The van der Waals surface area contributed by atoms with Crippen LogP contribution in [0.2, 0.25) is 5.02 Å². The molecule has 0 bridgehead atoms. The summed E-state index contributed by atoms with van der Waals surface area (Å²) < 4.78 is 6.42. The third-order valence-electron chi connectivity index (χ3n) is 3.87. The number of hydrogen-bond acceptors (Lipinski definition) is 5. The van der Waals surface area contributed by atoms with Crippen LogP contribution in [-0.4, -0.2) is 31.4 Å². The van der Waals surface area contributed by atoms with Gasteiger partial charge in [-0.05, 0) is 53.2 Å². The van der Waals surface area contributed by atoms with Gasteiger partial charge in [0.25, 0.3) is 0 Å². The van der Waals surface area contributed by atoms with Crippen LogP contribution in [0.5, 0.6) is 0 Å². The highest BCUT2D eigenvalue weighted by Gasteiger charge is 2.19. The van der Waals surface area contributed by atoms with Crippen molar-refractivity contribution in [1.29, 1.82) is 5.41 Å². The van der Waals surface area contributed by atoms with Crippen molar-refractivity contribution >= 4 is 45.2 Å². The standard InChI is InChI=1S/C16H21BrClN3O2/c17-16-11(5-4-10(22)8-19)13(18)7-14(12(16)9-20)21-15-3-1-2-6-23-15/h7,9,15,20-21H,1-6,8,19H2. The van der Waals surface area contributed by atoms with E-state index in [9.17, 15) is 4.79 Å². The van der Waals surface area contributed by atoms with Gasteiger partial charge in [-0.1, -0.05) is 11.6 Å². The third-order valence-corrected chi connectivity index (χ3v) is 5.12. The molecule has 1 saturated heterocycles. The summed E-state index contributed by atoms with van der Waals surface area (Å²) in [4.78, 5) is 11.4. The van der Waals surface area contributed by atoms with Crippen LogP contribution in [-0.2, 0) is 16.0 Å². The van der Waals surface area contributed by atoms with Gasteiger partial charge in [0, 0.05) is 40.0 Å². The van der Waals surface area contributed by atoms with Crippen LogP contribution < -0.4 is 11.1 Å². The molecule has 1 aliphatic rings. The quantitative estimate of drug-likeness (QED) is 0.609. The third kappa shape index (κ3) is 4.76. The van der Waals surface area contributed by atoms with Crippen LogP contribution in [0.4, 0.5) is 5.69 Å². The second-order valence-electron chi connectivity index (χ2n) is 5.50. The van der Waals surface area contributed by atoms with Crippen molar-refractivity contribution in [3.63, 3.8) is 0 Å². The van der Waals surface area contributed by atoms with Crippen LogP contribution in [0, 0.1) is 5.41 Å². The van der Waals surface area contributed by atoms with E-state index in [-0.39, 0.29) is 18.6 Å². The van der Waals surface area contributed by atoms with Gasteiger partial charge >= 0.3 is 0 Å². The summed E-state index contributed by atoms with van der Waals surface area (Å²) in [5.74, 6) is -0.0119. The van der Waals surface area contributed by atoms with E-state index in [0.29, 0.717) is 23.4 Å². The Kier molecular flexibility index (Phi) is 7.02. The Morgan fingerprint density at radius 2 is 2.35 bits per heavy atom. The van der Waals surface area contributed by atoms with Gasteiger partial charge in [0.1, 0.15) is 12.0 Å². The van der Waals surface area contributed by atoms with E-state index < -0.39 is 0 Å². The van der Waals surface area contributed by atoms with E-state index in [1.54, 1.807) is 6.07 Å². The molecule has 1 atom stereocenters. The molecular weight excluding hydrogens is 382 g/mol. The number of carbonyl (C=O) groups excluding carboxylic acids is 1. The Hall–Kier alpha value is -0.950. The fourth-order valence-corrected chi connectivity index (χ4v) is 3.71. The fraction of sp³-hybridized carbons (Fsp3) is 0.500. The van der Waals surface area contributed by atoms with Crippen molar-refractivity contribution in [2.45, 2.75) is 38.3 Å². The second-order valence-corrected chi connectivity index (χ2v) is 6.70. The van der Waals surface area contributed by atoms with Crippen molar-refractivity contribution in [2.24, 2.45) is 5.73 Å². The maximum absolute atomic E-state index is 11.4. The molecule has 1 heterocycles. The van der Waals surface area contributed by atoms with E-state index in [4.69, 9.17) is 27.5 Å². The summed E-state index contributed by atoms with van der Waals surface area (Å²) >= 11 is 9.90. The molecule has 0 radical (unpaired) electrons. The molecule has 1 aromatic rings. The van der Waals surface area contributed by atoms with Crippen molar-refractivity contribution < 1.29 is 9.53 Å². The SMILES string of the molecule is N=Cc1c(NC2CCCCO2)cc(Cl)c(CCC(=O)CN)c1Br. The lowest BCUT2D eigenvalue weighted by molar-refractivity contribution is -0.117. The summed E-state index contributed by atoms with van der Waals surface area (Å²) in [5.41, 5.74) is 7.63. The zero-order valence-electron chi connectivity index (χ0n) is 12.8. The van der Waals surface area contributed by atoms with Gasteiger partial charge in [0.2, 0.25) is 0 Å². The van der Waals surface area contributed by atoms with Gasteiger partial charge in [-0.2, -0.15) is 0 Å². The van der Waals surface area contributed by atoms with E-state index in [0.717, 1.165) is 41.6 Å². The number of hydrogen-bond donors (Lipinski definition) is 3. The van der Waals surface area contributed by atoms with E-state index >= 15 is 0 Å².